The molecule has 1 aromatic rings. The summed E-state index contributed by atoms with van der Waals surface area (Å²) in [6, 6.07) is 1.72. The van der Waals surface area contributed by atoms with Gasteiger partial charge < -0.3 is 10.3 Å². The number of hydrogen-bond acceptors (Lipinski definition) is 3. The lowest BCUT2D eigenvalue weighted by Gasteiger charge is -2.31. The van der Waals surface area contributed by atoms with Crippen molar-refractivity contribution in [3.05, 3.63) is 18.0 Å². The van der Waals surface area contributed by atoms with Crippen LogP contribution >= 0.6 is 0 Å². The summed E-state index contributed by atoms with van der Waals surface area (Å²) < 4.78 is 29.0. The maximum Gasteiger partial charge on any atom is 0.244 e. The molecule has 6 heteroatoms. The first-order chi connectivity index (χ1) is 9.52. The van der Waals surface area contributed by atoms with Gasteiger partial charge in [0, 0.05) is 38.1 Å². The van der Waals surface area contributed by atoms with Crippen LogP contribution in [0.25, 0.3) is 0 Å². The van der Waals surface area contributed by atoms with Crippen molar-refractivity contribution < 1.29 is 8.42 Å². The minimum atomic E-state index is -3.37. The average Bonchev–Trinajstić information content (AvgIpc) is 2.91. The molecule has 1 aliphatic heterocycles. The average molecular weight is 299 g/mol. The number of hydrogen-bond donors (Lipinski definition) is 1. The minimum Gasteiger partial charge on any atom is -0.349 e. The van der Waals surface area contributed by atoms with Gasteiger partial charge in [-0.25, -0.2) is 8.42 Å². The number of nitrogens with two attached hydrogens (primary N) is 1. The first-order valence-corrected chi connectivity index (χ1v) is 8.86. The largest absolute Gasteiger partial charge is 0.349 e. The van der Waals surface area contributed by atoms with Crippen LogP contribution in [0.15, 0.2) is 17.2 Å². The van der Waals surface area contributed by atoms with Gasteiger partial charge in [0.1, 0.15) is 4.90 Å². The predicted octanol–water partition coefficient (Wildman–Crippen LogP) is 1.78. The van der Waals surface area contributed by atoms with E-state index in [4.69, 9.17) is 5.73 Å². The van der Waals surface area contributed by atoms with E-state index in [0.29, 0.717) is 30.4 Å². The third kappa shape index (κ3) is 2.92. The van der Waals surface area contributed by atoms with Crippen LogP contribution in [0.5, 0.6) is 0 Å². The van der Waals surface area contributed by atoms with Crippen molar-refractivity contribution in [2.24, 2.45) is 11.7 Å². The molecule has 0 saturated carbocycles. The first kappa shape index (κ1) is 15.5. The predicted molar refractivity (Wildman–Crippen MR) is 79.8 cm³/mol. The lowest BCUT2D eigenvalue weighted by molar-refractivity contribution is 0.261. The summed E-state index contributed by atoms with van der Waals surface area (Å²) in [5.74, 6) is 0.487. The Kier molecular flexibility index (Phi) is 4.88. The van der Waals surface area contributed by atoms with Gasteiger partial charge in [-0.3, -0.25) is 0 Å². The zero-order chi connectivity index (χ0) is 14.8. The van der Waals surface area contributed by atoms with E-state index < -0.39 is 10.0 Å². The molecular formula is C14H25N3O2S. The molecule has 1 aliphatic rings. The van der Waals surface area contributed by atoms with E-state index in [-0.39, 0.29) is 0 Å². The van der Waals surface area contributed by atoms with Crippen molar-refractivity contribution in [3.63, 3.8) is 0 Å². The van der Waals surface area contributed by atoms with E-state index in [9.17, 15) is 8.42 Å². The summed E-state index contributed by atoms with van der Waals surface area (Å²) in [7, 11) is -3.37. The molecule has 1 fully saturated rings. The van der Waals surface area contributed by atoms with Crippen LogP contribution in [0.1, 0.15) is 38.8 Å². The highest BCUT2D eigenvalue weighted by Crippen LogP contribution is 2.26. The van der Waals surface area contributed by atoms with Crippen molar-refractivity contribution in [2.45, 2.75) is 51.1 Å². The van der Waals surface area contributed by atoms with E-state index >= 15 is 0 Å². The molecule has 0 bridgehead atoms. The molecule has 114 valence electrons. The van der Waals surface area contributed by atoms with Crippen LogP contribution in [0.2, 0.25) is 0 Å². The Labute approximate surface area is 121 Å². The van der Waals surface area contributed by atoms with Crippen molar-refractivity contribution in [2.75, 3.05) is 13.1 Å². The topological polar surface area (TPSA) is 68.3 Å². The summed E-state index contributed by atoms with van der Waals surface area (Å²) in [5, 5.41) is 0. The number of nitrogens with zero attached hydrogens (tertiary/aromatic N) is 2. The second kappa shape index (κ2) is 6.28. The highest BCUT2D eigenvalue weighted by Gasteiger charge is 2.30. The fraction of sp³-hybridized carbons (Fsp3) is 0.714. The smallest absolute Gasteiger partial charge is 0.244 e. The number of piperidine rings is 1. The Balaban J connectivity index is 2.27. The molecule has 2 heterocycles. The molecule has 1 atom stereocenters. The van der Waals surface area contributed by atoms with Crippen LogP contribution in [-0.4, -0.2) is 30.4 Å². The fourth-order valence-corrected chi connectivity index (χ4v) is 4.48. The van der Waals surface area contributed by atoms with Crippen LogP contribution in [-0.2, 0) is 23.1 Å². The minimum absolute atomic E-state index is 0.362. The third-order valence-corrected chi connectivity index (χ3v) is 6.04. The molecule has 0 aliphatic carbocycles. The molecular weight excluding hydrogens is 274 g/mol. The molecule has 2 rings (SSSR count). The van der Waals surface area contributed by atoms with Gasteiger partial charge in [0.05, 0.1) is 0 Å². The highest BCUT2D eigenvalue weighted by atomic mass is 32.2. The van der Waals surface area contributed by atoms with Crippen molar-refractivity contribution >= 4 is 10.0 Å². The number of aryl methyl sites for hydroxylation is 1. The Hall–Kier alpha value is -0.850. The SMILES string of the molecule is CCC1CCCN(S(=O)(=O)c2cc(CN)n(CC)c2)C1. The van der Waals surface area contributed by atoms with Crippen LogP contribution in [0, 0.1) is 5.92 Å². The Morgan fingerprint density at radius 1 is 1.40 bits per heavy atom. The maximum absolute atomic E-state index is 12.7. The highest BCUT2D eigenvalue weighted by molar-refractivity contribution is 7.89. The van der Waals surface area contributed by atoms with Gasteiger partial charge >= 0.3 is 0 Å². The zero-order valence-corrected chi connectivity index (χ0v) is 13.2. The number of aromatic nitrogens is 1. The van der Waals surface area contributed by atoms with Gasteiger partial charge in [0.25, 0.3) is 0 Å². The van der Waals surface area contributed by atoms with Crippen LogP contribution in [0.4, 0.5) is 0 Å². The lowest BCUT2D eigenvalue weighted by Crippen LogP contribution is -2.39. The molecule has 0 radical (unpaired) electrons. The normalized spacial score (nSPS) is 21.2. The Bertz CT molecular complexity index is 529. The van der Waals surface area contributed by atoms with Gasteiger partial charge in [-0.05, 0) is 31.7 Å². The van der Waals surface area contributed by atoms with Gasteiger partial charge in [-0.15, -0.1) is 0 Å². The molecule has 1 unspecified atom stereocenters. The fourth-order valence-electron chi connectivity index (χ4n) is 2.86. The van der Waals surface area contributed by atoms with E-state index in [1.165, 1.54) is 0 Å². The summed E-state index contributed by atoms with van der Waals surface area (Å²) in [6.07, 6.45) is 4.84. The van der Waals surface area contributed by atoms with E-state index in [0.717, 1.165) is 31.5 Å². The first-order valence-electron chi connectivity index (χ1n) is 7.42. The molecule has 0 aromatic carbocycles. The molecule has 20 heavy (non-hydrogen) atoms. The van der Waals surface area contributed by atoms with Gasteiger partial charge in [0.2, 0.25) is 10.0 Å². The molecule has 2 N–H and O–H groups in total. The second-order valence-electron chi connectivity index (χ2n) is 5.44. The molecule has 5 nitrogen and oxygen atoms in total. The van der Waals surface area contributed by atoms with E-state index in [1.807, 2.05) is 11.5 Å². The quantitative estimate of drug-likeness (QED) is 0.901. The van der Waals surface area contributed by atoms with Crippen molar-refractivity contribution in [1.82, 2.24) is 8.87 Å². The molecule has 1 saturated heterocycles. The van der Waals surface area contributed by atoms with Gasteiger partial charge in [-0.1, -0.05) is 13.3 Å². The van der Waals surface area contributed by atoms with Gasteiger partial charge in [0.15, 0.2) is 0 Å². The third-order valence-electron chi connectivity index (χ3n) is 4.21. The summed E-state index contributed by atoms with van der Waals surface area (Å²) in [4.78, 5) is 0.386. The van der Waals surface area contributed by atoms with Gasteiger partial charge in [-0.2, -0.15) is 4.31 Å². The van der Waals surface area contributed by atoms with E-state index in [2.05, 4.69) is 6.92 Å². The Morgan fingerprint density at radius 3 is 2.70 bits per heavy atom. The zero-order valence-electron chi connectivity index (χ0n) is 12.4. The second-order valence-corrected chi connectivity index (χ2v) is 7.37. The summed E-state index contributed by atoms with van der Waals surface area (Å²) >= 11 is 0. The molecule has 0 spiro atoms. The number of rotatable bonds is 5. The number of sulfonamides is 1. The van der Waals surface area contributed by atoms with E-state index in [1.54, 1.807) is 16.6 Å². The summed E-state index contributed by atoms with van der Waals surface area (Å²) in [6.45, 7) is 6.49. The lowest BCUT2D eigenvalue weighted by atomic mass is 9.97. The van der Waals surface area contributed by atoms with Crippen molar-refractivity contribution in [3.8, 4) is 0 Å². The molecule has 1 aromatic heterocycles. The van der Waals surface area contributed by atoms with Crippen LogP contribution < -0.4 is 5.73 Å². The van der Waals surface area contributed by atoms with Crippen LogP contribution in [0.3, 0.4) is 0 Å². The van der Waals surface area contributed by atoms with Crippen molar-refractivity contribution in [1.29, 1.82) is 0 Å². The standard InChI is InChI=1S/C14H25N3O2S/c1-3-12-6-5-7-17(10-12)20(18,19)14-8-13(9-15)16(4-2)11-14/h8,11-12H,3-7,9-10,15H2,1-2H3. The maximum atomic E-state index is 12.7. The monoisotopic (exact) mass is 299 g/mol. The molecule has 0 amide bonds. The summed E-state index contributed by atoms with van der Waals surface area (Å²) in [5.41, 5.74) is 6.55. The Morgan fingerprint density at radius 2 is 2.15 bits per heavy atom.